The van der Waals surface area contributed by atoms with Crippen LogP contribution in [0.15, 0.2) is 23.1 Å². The Bertz CT molecular complexity index is 583. The molecule has 0 spiro atoms. The number of halogens is 1. The quantitative estimate of drug-likeness (QED) is 0.848. The summed E-state index contributed by atoms with van der Waals surface area (Å²) >= 11 is 6.04. The average Bonchev–Trinajstić information content (AvgIpc) is 2.36. The van der Waals surface area contributed by atoms with Crippen LogP contribution in [0, 0.1) is 5.41 Å². The fraction of sp³-hybridized carbons (Fsp3) is 0.571. The Balaban J connectivity index is 2.17. The van der Waals surface area contributed by atoms with E-state index in [1.807, 2.05) is 13.1 Å². The molecule has 0 saturated heterocycles. The van der Waals surface area contributed by atoms with Gasteiger partial charge in [-0.05, 0) is 43.0 Å². The predicted octanol–water partition coefficient (Wildman–Crippen LogP) is 2.53. The summed E-state index contributed by atoms with van der Waals surface area (Å²) in [5.41, 5.74) is 0.995. The topological polar surface area (TPSA) is 58.2 Å². The van der Waals surface area contributed by atoms with Gasteiger partial charge in [-0.15, -0.1) is 0 Å². The zero-order valence-corrected chi connectivity index (χ0v) is 13.4. The molecule has 112 valence electrons. The van der Waals surface area contributed by atoms with E-state index in [0.29, 0.717) is 13.1 Å². The van der Waals surface area contributed by atoms with Crippen LogP contribution in [0.3, 0.4) is 0 Å². The third kappa shape index (κ3) is 3.52. The van der Waals surface area contributed by atoms with Gasteiger partial charge >= 0.3 is 0 Å². The fourth-order valence-electron chi connectivity index (χ4n) is 2.37. The van der Waals surface area contributed by atoms with Crippen LogP contribution in [0.2, 0.25) is 5.02 Å². The molecular weight excluding hydrogens is 296 g/mol. The number of rotatable bonds is 6. The summed E-state index contributed by atoms with van der Waals surface area (Å²) in [4.78, 5) is 0.162. The van der Waals surface area contributed by atoms with Gasteiger partial charge in [0.15, 0.2) is 0 Å². The van der Waals surface area contributed by atoms with Gasteiger partial charge in [-0.3, -0.25) is 0 Å². The lowest BCUT2D eigenvalue weighted by molar-refractivity contribution is 0.166. The van der Waals surface area contributed by atoms with Crippen molar-refractivity contribution in [3.8, 4) is 0 Å². The average molecular weight is 317 g/mol. The summed E-state index contributed by atoms with van der Waals surface area (Å²) in [6.07, 6.45) is 3.32. The van der Waals surface area contributed by atoms with E-state index in [0.717, 1.165) is 18.4 Å². The highest BCUT2D eigenvalue weighted by atomic mass is 35.5. The van der Waals surface area contributed by atoms with E-state index in [2.05, 4.69) is 17.0 Å². The highest BCUT2D eigenvalue weighted by Gasteiger charge is 2.33. The third-order valence-corrected chi connectivity index (χ3v) is 5.80. The highest BCUT2D eigenvalue weighted by Crippen LogP contribution is 2.39. The van der Waals surface area contributed by atoms with Gasteiger partial charge in [0, 0.05) is 13.1 Å². The number of benzene rings is 1. The number of sulfonamides is 1. The molecule has 0 bridgehead atoms. The molecule has 1 fully saturated rings. The second kappa shape index (κ2) is 6.02. The van der Waals surface area contributed by atoms with Crippen LogP contribution in [0.4, 0.5) is 0 Å². The Kier molecular flexibility index (Phi) is 4.74. The van der Waals surface area contributed by atoms with E-state index < -0.39 is 10.0 Å². The number of nitrogens with one attached hydrogen (secondary N) is 2. The Labute approximate surface area is 126 Å². The predicted molar refractivity (Wildman–Crippen MR) is 81.4 cm³/mol. The van der Waals surface area contributed by atoms with E-state index in [1.165, 1.54) is 6.42 Å². The Morgan fingerprint density at radius 1 is 1.35 bits per heavy atom. The van der Waals surface area contributed by atoms with Gasteiger partial charge in [-0.25, -0.2) is 13.1 Å². The normalized spacial score (nSPS) is 17.8. The van der Waals surface area contributed by atoms with Gasteiger partial charge in [-0.2, -0.15) is 0 Å². The first-order valence-electron chi connectivity index (χ1n) is 6.79. The lowest BCUT2D eigenvalue weighted by Gasteiger charge is -2.38. The van der Waals surface area contributed by atoms with E-state index in [4.69, 9.17) is 11.6 Å². The zero-order valence-electron chi connectivity index (χ0n) is 11.9. The van der Waals surface area contributed by atoms with Crippen LogP contribution in [0.1, 0.15) is 31.7 Å². The molecule has 4 nitrogen and oxygen atoms in total. The SMILES string of the molecule is CNCc1ccc(Cl)c(S(=O)(=O)NCC2(C)CCC2)c1. The van der Waals surface area contributed by atoms with Crippen molar-refractivity contribution < 1.29 is 8.42 Å². The molecule has 1 aliphatic carbocycles. The minimum atomic E-state index is -3.55. The lowest BCUT2D eigenvalue weighted by atomic mass is 9.71. The molecule has 0 radical (unpaired) electrons. The van der Waals surface area contributed by atoms with Crippen molar-refractivity contribution in [3.63, 3.8) is 0 Å². The molecule has 2 N–H and O–H groups in total. The fourth-order valence-corrected chi connectivity index (χ4v) is 4.12. The second-order valence-electron chi connectivity index (χ2n) is 5.78. The number of hydrogen-bond donors (Lipinski definition) is 2. The maximum Gasteiger partial charge on any atom is 0.242 e. The van der Waals surface area contributed by atoms with Gasteiger partial charge in [0.25, 0.3) is 0 Å². The summed E-state index contributed by atoms with van der Waals surface area (Å²) < 4.78 is 27.5. The monoisotopic (exact) mass is 316 g/mol. The van der Waals surface area contributed by atoms with Crippen LogP contribution in [0.25, 0.3) is 0 Å². The molecule has 6 heteroatoms. The second-order valence-corrected chi connectivity index (χ2v) is 7.93. The van der Waals surface area contributed by atoms with E-state index in [1.54, 1.807) is 12.1 Å². The molecule has 0 aliphatic heterocycles. The molecule has 0 heterocycles. The summed E-state index contributed by atoms with van der Waals surface area (Å²) in [5, 5.41) is 3.26. The highest BCUT2D eigenvalue weighted by molar-refractivity contribution is 7.89. The molecule has 20 heavy (non-hydrogen) atoms. The standard InChI is InChI=1S/C14H21ClN2O2S/c1-14(6-3-7-14)10-17-20(18,19)13-8-11(9-16-2)4-5-12(13)15/h4-5,8,16-17H,3,6-7,9-10H2,1-2H3. The van der Waals surface area contributed by atoms with Crippen molar-refractivity contribution in [1.29, 1.82) is 0 Å². The summed E-state index contributed by atoms with van der Waals surface area (Å²) in [7, 11) is -1.73. The first kappa shape index (κ1) is 15.8. The molecule has 1 aromatic rings. The minimum absolute atomic E-state index is 0.0993. The Morgan fingerprint density at radius 3 is 2.60 bits per heavy atom. The largest absolute Gasteiger partial charge is 0.316 e. The molecule has 1 aromatic carbocycles. The molecule has 0 unspecified atom stereocenters. The molecule has 1 aliphatic rings. The van der Waals surface area contributed by atoms with Crippen molar-refractivity contribution in [1.82, 2.24) is 10.0 Å². The molecular formula is C14H21ClN2O2S. The van der Waals surface area contributed by atoms with E-state index in [9.17, 15) is 8.42 Å². The number of hydrogen-bond acceptors (Lipinski definition) is 3. The van der Waals surface area contributed by atoms with Gasteiger partial charge in [0.1, 0.15) is 4.90 Å². The molecule has 0 aromatic heterocycles. The summed E-state index contributed by atoms with van der Waals surface area (Å²) in [6.45, 7) is 3.19. The molecule has 1 saturated carbocycles. The first-order valence-corrected chi connectivity index (χ1v) is 8.65. The smallest absolute Gasteiger partial charge is 0.242 e. The van der Waals surface area contributed by atoms with E-state index >= 15 is 0 Å². The van der Waals surface area contributed by atoms with Gasteiger partial charge in [0.2, 0.25) is 10.0 Å². The minimum Gasteiger partial charge on any atom is -0.316 e. The van der Waals surface area contributed by atoms with Crippen LogP contribution in [-0.2, 0) is 16.6 Å². The van der Waals surface area contributed by atoms with Crippen molar-refractivity contribution in [2.24, 2.45) is 5.41 Å². The summed E-state index contributed by atoms with van der Waals surface area (Å²) in [6, 6.07) is 5.09. The van der Waals surface area contributed by atoms with Crippen LogP contribution in [-0.4, -0.2) is 22.0 Å². The Hall–Kier alpha value is -0.620. The van der Waals surface area contributed by atoms with Gasteiger partial charge < -0.3 is 5.32 Å². The molecule has 0 atom stereocenters. The first-order chi connectivity index (χ1) is 9.36. The van der Waals surface area contributed by atoms with Gasteiger partial charge in [0.05, 0.1) is 5.02 Å². The maximum absolute atomic E-state index is 12.4. The van der Waals surface area contributed by atoms with Crippen LogP contribution in [0.5, 0.6) is 0 Å². The maximum atomic E-state index is 12.4. The molecule has 2 rings (SSSR count). The molecule has 0 amide bonds. The van der Waals surface area contributed by atoms with E-state index in [-0.39, 0.29) is 15.3 Å². The lowest BCUT2D eigenvalue weighted by Crippen LogP contribution is -2.40. The summed E-state index contributed by atoms with van der Waals surface area (Å²) in [5.74, 6) is 0. The van der Waals surface area contributed by atoms with Crippen molar-refractivity contribution in [3.05, 3.63) is 28.8 Å². The van der Waals surface area contributed by atoms with Crippen molar-refractivity contribution in [2.45, 2.75) is 37.6 Å². The van der Waals surface area contributed by atoms with Gasteiger partial charge in [-0.1, -0.05) is 31.0 Å². The van der Waals surface area contributed by atoms with Crippen LogP contribution < -0.4 is 10.0 Å². The van der Waals surface area contributed by atoms with Crippen molar-refractivity contribution >= 4 is 21.6 Å². The Morgan fingerprint density at radius 2 is 2.05 bits per heavy atom. The third-order valence-electron chi connectivity index (χ3n) is 3.92. The zero-order chi connectivity index (χ0) is 14.8. The van der Waals surface area contributed by atoms with Crippen molar-refractivity contribution in [2.75, 3.05) is 13.6 Å². The van der Waals surface area contributed by atoms with Crippen LogP contribution >= 0.6 is 11.6 Å².